The van der Waals surface area contributed by atoms with Crippen LogP contribution in [0.4, 0.5) is 15.9 Å². The van der Waals surface area contributed by atoms with Gasteiger partial charge in [-0.15, -0.1) is 11.3 Å². The second-order valence-electron chi connectivity index (χ2n) is 7.34. The fourth-order valence-electron chi connectivity index (χ4n) is 3.78. The lowest BCUT2D eigenvalue weighted by molar-refractivity contribution is 0.103. The summed E-state index contributed by atoms with van der Waals surface area (Å²) in [6, 6.07) is 3.90. The molecule has 3 heterocycles. The fraction of sp³-hybridized carbons (Fsp3) is 0.381. The second-order valence-corrected chi connectivity index (χ2v) is 8.75. The number of piperazine rings is 1. The summed E-state index contributed by atoms with van der Waals surface area (Å²) in [4.78, 5) is 27.9. The zero-order valence-electron chi connectivity index (χ0n) is 16.9. The minimum absolute atomic E-state index is 0.160. The van der Waals surface area contributed by atoms with Gasteiger partial charge in [0.2, 0.25) is 0 Å². The van der Waals surface area contributed by atoms with Crippen molar-refractivity contribution < 1.29 is 9.18 Å². The van der Waals surface area contributed by atoms with E-state index in [-0.39, 0.29) is 10.9 Å². The molecule has 0 radical (unpaired) electrons. The van der Waals surface area contributed by atoms with E-state index in [1.54, 1.807) is 6.33 Å². The van der Waals surface area contributed by atoms with E-state index in [4.69, 9.17) is 11.6 Å². The predicted octanol–water partition coefficient (Wildman–Crippen LogP) is 4.58. The molecule has 1 N–H and O–H groups in total. The Hall–Kier alpha value is -2.29. The summed E-state index contributed by atoms with van der Waals surface area (Å²) in [5, 5.41) is 3.86. The van der Waals surface area contributed by atoms with Gasteiger partial charge in [0.15, 0.2) is 0 Å². The molecule has 0 bridgehead atoms. The van der Waals surface area contributed by atoms with Gasteiger partial charge >= 0.3 is 0 Å². The van der Waals surface area contributed by atoms with Crippen LogP contribution in [-0.4, -0.2) is 53.5 Å². The molecule has 0 aliphatic carbocycles. The smallest absolute Gasteiger partial charge is 0.266 e. The minimum atomic E-state index is -0.449. The minimum Gasteiger partial charge on any atom is -0.353 e. The average Bonchev–Trinajstić information content (AvgIpc) is 3.08. The number of rotatable bonds is 5. The lowest BCUT2D eigenvalue weighted by Crippen LogP contribution is -2.46. The molecule has 9 heteroatoms. The fourth-order valence-corrected chi connectivity index (χ4v) is 5.03. The van der Waals surface area contributed by atoms with Crippen LogP contribution in [0.5, 0.6) is 0 Å². The highest BCUT2D eigenvalue weighted by Crippen LogP contribution is 2.36. The first-order valence-corrected chi connectivity index (χ1v) is 11.1. The number of carbonyl (C=O) groups excluding carboxylic acids is 1. The zero-order valence-corrected chi connectivity index (χ0v) is 18.5. The van der Waals surface area contributed by atoms with E-state index in [0.717, 1.165) is 60.7 Å². The zero-order chi connectivity index (χ0) is 21.3. The van der Waals surface area contributed by atoms with Gasteiger partial charge in [-0.1, -0.05) is 18.5 Å². The number of fused-ring (bicyclic) bond motifs is 1. The van der Waals surface area contributed by atoms with Gasteiger partial charge < -0.3 is 10.2 Å². The molecule has 0 unspecified atom stereocenters. The standard InChI is InChI=1S/C21H23ClFN5OS/c1-3-6-27-7-9-28(10-8-27)19-17-13(2)18(30-21(17)25-12-24-19)20(29)26-16-5-4-14(23)11-15(16)22/h4-5,11-12H,3,6-10H2,1-2H3,(H,26,29). The molecule has 6 nitrogen and oxygen atoms in total. The SMILES string of the molecule is CCCN1CCN(c2ncnc3sc(C(=O)Nc4ccc(F)cc4Cl)c(C)c23)CC1. The number of aromatic nitrogens is 2. The van der Waals surface area contributed by atoms with Crippen LogP contribution in [0.15, 0.2) is 24.5 Å². The van der Waals surface area contributed by atoms with Gasteiger partial charge in [-0.2, -0.15) is 0 Å². The van der Waals surface area contributed by atoms with Crippen molar-refractivity contribution >= 4 is 50.6 Å². The van der Waals surface area contributed by atoms with Gasteiger partial charge in [0.1, 0.15) is 22.8 Å². The molecule has 0 atom stereocenters. The van der Waals surface area contributed by atoms with Crippen LogP contribution in [0.3, 0.4) is 0 Å². The number of carbonyl (C=O) groups is 1. The summed E-state index contributed by atoms with van der Waals surface area (Å²) < 4.78 is 13.3. The van der Waals surface area contributed by atoms with Gasteiger partial charge in [0, 0.05) is 26.2 Å². The van der Waals surface area contributed by atoms with Crippen LogP contribution in [0.1, 0.15) is 28.6 Å². The Morgan fingerprint density at radius 3 is 2.73 bits per heavy atom. The van der Waals surface area contributed by atoms with E-state index in [1.807, 2.05) is 6.92 Å². The summed E-state index contributed by atoms with van der Waals surface area (Å²) in [6.45, 7) is 9.02. The third-order valence-electron chi connectivity index (χ3n) is 5.30. The van der Waals surface area contributed by atoms with Gasteiger partial charge in [-0.05, 0) is 43.7 Å². The topological polar surface area (TPSA) is 61.4 Å². The van der Waals surface area contributed by atoms with Crippen LogP contribution < -0.4 is 10.2 Å². The Balaban J connectivity index is 1.61. The lowest BCUT2D eigenvalue weighted by atomic mass is 10.1. The lowest BCUT2D eigenvalue weighted by Gasteiger charge is -2.35. The number of anilines is 2. The van der Waals surface area contributed by atoms with Crippen molar-refractivity contribution in [2.24, 2.45) is 0 Å². The predicted molar refractivity (Wildman–Crippen MR) is 120 cm³/mol. The summed E-state index contributed by atoms with van der Waals surface area (Å²) in [5.74, 6) is 0.140. The maximum absolute atomic E-state index is 13.3. The quantitative estimate of drug-likeness (QED) is 0.620. The van der Waals surface area contributed by atoms with Crippen molar-refractivity contribution in [3.63, 3.8) is 0 Å². The number of nitrogens with one attached hydrogen (secondary N) is 1. The monoisotopic (exact) mass is 447 g/mol. The first-order valence-electron chi connectivity index (χ1n) is 9.95. The Kier molecular flexibility index (Phi) is 6.17. The van der Waals surface area contributed by atoms with Crippen LogP contribution in [0.25, 0.3) is 10.2 Å². The number of hydrogen-bond acceptors (Lipinski definition) is 6. The summed E-state index contributed by atoms with van der Waals surface area (Å²) >= 11 is 7.39. The van der Waals surface area contributed by atoms with E-state index in [1.165, 1.54) is 29.5 Å². The molecule has 1 saturated heterocycles. The first kappa shape index (κ1) is 21.0. The van der Waals surface area contributed by atoms with Crippen molar-refractivity contribution in [1.82, 2.24) is 14.9 Å². The highest BCUT2D eigenvalue weighted by Gasteiger charge is 2.24. The van der Waals surface area contributed by atoms with Gasteiger partial charge in [-0.3, -0.25) is 9.69 Å². The number of halogens is 2. The summed E-state index contributed by atoms with van der Waals surface area (Å²) in [5.41, 5.74) is 1.22. The van der Waals surface area contributed by atoms with Gasteiger partial charge in [0.25, 0.3) is 5.91 Å². The molecular weight excluding hydrogens is 425 g/mol. The molecule has 0 spiro atoms. The van der Waals surface area contributed by atoms with Crippen LogP contribution in [0, 0.1) is 12.7 Å². The first-order chi connectivity index (χ1) is 14.5. The Labute approximate surface area is 183 Å². The van der Waals surface area contributed by atoms with Gasteiger partial charge in [0.05, 0.1) is 21.0 Å². The largest absolute Gasteiger partial charge is 0.353 e. The molecule has 1 aliphatic rings. The molecule has 0 saturated carbocycles. The highest BCUT2D eigenvalue weighted by atomic mass is 35.5. The van der Waals surface area contributed by atoms with E-state index in [2.05, 4.69) is 32.0 Å². The van der Waals surface area contributed by atoms with Crippen LogP contribution >= 0.6 is 22.9 Å². The highest BCUT2D eigenvalue weighted by molar-refractivity contribution is 7.20. The van der Waals surface area contributed by atoms with E-state index in [0.29, 0.717) is 10.6 Å². The second kappa shape index (κ2) is 8.83. The molecule has 158 valence electrons. The van der Waals surface area contributed by atoms with Gasteiger partial charge in [-0.25, -0.2) is 14.4 Å². The van der Waals surface area contributed by atoms with Crippen molar-refractivity contribution in [2.75, 3.05) is 42.9 Å². The molecule has 3 aromatic rings. The number of benzene rings is 1. The molecule has 1 aliphatic heterocycles. The molecule has 1 aromatic carbocycles. The Morgan fingerprint density at radius 2 is 2.03 bits per heavy atom. The van der Waals surface area contributed by atoms with Crippen molar-refractivity contribution in [3.8, 4) is 0 Å². The Bertz CT molecular complexity index is 1080. The number of thiophene rings is 1. The van der Waals surface area contributed by atoms with E-state index < -0.39 is 5.82 Å². The number of hydrogen-bond donors (Lipinski definition) is 1. The Morgan fingerprint density at radius 1 is 1.27 bits per heavy atom. The molecule has 2 aromatic heterocycles. The maximum atomic E-state index is 13.3. The van der Waals surface area contributed by atoms with Crippen LogP contribution in [0.2, 0.25) is 5.02 Å². The normalized spacial score (nSPS) is 15.0. The molecule has 1 fully saturated rings. The molecular formula is C21H23ClFN5OS. The molecule has 1 amide bonds. The molecule has 30 heavy (non-hydrogen) atoms. The van der Waals surface area contributed by atoms with Crippen molar-refractivity contribution in [2.45, 2.75) is 20.3 Å². The summed E-state index contributed by atoms with van der Waals surface area (Å²) in [7, 11) is 0. The van der Waals surface area contributed by atoms with Crippen molar-refractivity contribution in [3.05, 3.63) is 45.8 Å². The third kappa shape index (κ3) is 4.12. The van der Waals surface area contributed by atoms with E-state index in [9.17, 15) is 9.18 Å². The third-order valence-corrected chi connectivity index (χ3v) is 6.82. The average molecular weight is 448 g/mol. The maximum Gasteiger partial charge on any atom is 0.266 e. The number of aryl methyl sites for hydroxylation is 1. The summed E-state index contributed by atoms with van der Waals surface area (Å²) in [6.07, 6.45) is 2.71. The van der Waals surface area contributed by atoms with Crippen molar-refractivity contribution in [1.29, 1.82) is 0 Å². The van der Waals surface area contributed by atoms with E-state index >= 15 is 0 Å². The number of nitrogens with zero attached hydrogens (tertiary/aromatic N) is 4. The number of amides is 1. The van der Waals surface area contributed by atoms with Crippen LogP contribution in [-0.2, 0) is 0 Å². The molecule has 4 rings (SSSR count).